The molecule has 0 aliphatic rings. The number of nitrogens with zero attached hydrogens (tertiary/aromatic N) is 1. The molecule has 7 nitrogen and oxygen atoms in total. The lowest BCUT2D eigenvalue weighted by atomic mass is 9.83. The normalized spacial score (nSPS) is 12.7. The Kier molecular flexibility index (Phi) is 8.86. The van der Waals surface area contributed by atoms with Crippen LogP contribution in [-0.4, -0.2) is 39.6 Å². The molecule has 3 aromatic heterocycles. The van der Waals surface area contributed by atoms with Crippen molar-refractivity contribution in [2.75, 3.05) is 14.2 Å². The number of methoxy groups -OCH3 is 2. The molecule has 5 rings (SSSR count). The van der Waals surface area contributed by atoms with Crippen LogP contribution in [0.1, 0.15) is 71.2 Å². The summed E-state index contributed by atoms with van der Waals surface area (Å²) >= 11 is 0. The fourth-order valence-corrected chi connectivity index (χ4v) is 7.21. The third kappa shape index (κ3) is 5.60. The largest absolute Gasteiger partial charge is 0.489 e. The van der Waals surface area contributed by atoms with Gasteiger partial charge < -0.3 is 23.0 Å². The van der Waals surface area contributed by atoms with Gasteiger partial charge in [-0.15, -0.1) is 0 Å². The van der Waals surface area contributed by atoms with Crippen LogP contribution in [0.3, 0.4) is 0 Å². The predicted molar refractivity (Wildman–Crippen MR) is 177 cm³/mol. The summed E-state index contributed by atoms with van der Waals surface area (Å²) in [7, 11) is 1.21. The fraction of sp³-hybridized carbons (Fsp3) is 0.333. The van der Waals surface area contributed by atoms with E-state index >= 15 is 0 Å². The zero-order valence-corrected chi connectivity index (χ0v) is 28.0. The van der Waals surface area contributed by atoms with E-state index in [2.05, 4.69) is 40.8 Å². The van der Waals surface area contributed by atoms with Crippen LogP contribution in [-0.2, 0) is 26.9 Å². The van der Waals surface area contributed by atoms with Gasteiger partial charge in [0.2, 0.25) is 0 Å². The van der Waals surface area contributed by atoms with Crippen molar-refractivity contribution in [1.82, 2.24) is 4.40 Å². The topological polar surface area (TPSA) is 75.5 Å². The predicted octanol–water partition coefficient (Wildman–Crippen LogP) is 8.00. The number of esters is 2. The molecule has 0 N–H and O–H groups in total. The lowest BCUT2D eigenvalue weighted by molar-refractivity contribution is 0.0559. The molecule has 2 aromatic carbocycles. The van der Waals surface area contributed by atoms with E-state index in [1.807, 2.05) is 71.1 Å². The number of ether oxygens (including phenoxy) is 3. The minimum atomic E-state index is -1.45. The first-order chi connectivity index (χ1) is 21.0. The maximum absolute atomic E-state index is 13.5. The molecule has 0 amide bonds. The Morgan fingerprint density at radius 2 is 1.48 bits per heavy atom. The summed E-state index contributed by atoms with van der Waals surface area (Å²) in [5.74, 6) is -0.443. The van der Waals surface area contributed by atoms with Crippen molar-refractivity contribution in [2.45, 2.75) is 59.9 Å². The molecule has 230 valence electrons. The molecule has 1 unspecified atom stereocenters. The first-order valence-corrected chi connectivity index (χ1v) is 17.8. The average molecular weight is 612 g/mol. The molecule has 0 radical (unpaired) electrons. The molecule has 0 saturated carbocycles. The smallest absolute Gasteiger partial charge is 0.340 e. The lowest BCUT2D eigenvalue weighted by Crippen LogP contribution is -2.26. The van der Waals surface area contributed by atoms with Crippen LogP contribution >= 0.6 is 0 Å². The van der Waals surface area contributed by atoms with Gasteiger partial charge in [0.1, 0.15) is 23.5 Å². The van der Waals surface area contributed by atoms with Crippen molar-refractivity contribution in [2.24, 2.45) is 5.41 Å². The van der Waals surface area contributed by atoms with Gasteiger partial charge in [-0.05, 0) is 59.8 Å². The number of hydrogen-bond acceptors (Lipinski definition) is 6. The molecule has 0 aliphatic carbocycles. The van der Waals surface area contributed by atoms with Gasteiger partial charge in [0, 0.05) is 11.1 Å². The van der Waals surface area contributed by atoms with Gasteiger partial charge >= 0.3 is 11.9 Å². The van der Waals surface area contributed by atoms with Crippen LogP contribution in [0.5, 0.6) is 5.75 Å². The number of aromatic nitrogens is 1. The number of aryl methyl sites for hydroxylation is 1. The molecule has 3 heterocycles. The molecule has 0 fully saturated rings. The summed E-state index contributed by atoms with van der Waals surface area (Å²) in [6.45, 7) is 13.5. The Morgan fingerprint density at radius 3 is 2.05 bits per heavy atom. The van der Waals surface area contributed by atoms with E-state index in [0.717, 1.165) is 39.1 Å². The highest BCUT2D eigenvalue weighted by atomic mass is 28.3. The molecular formula is C36H41NO6Si. The summed E-state index contributed by atoms with van der Waals surface area (Å²) < 4.78 is 25.3. The quantitative estimate of drug-likeness (QED) is 0.118. The van der Waals surface area contributed by atoms with Crippen molar-refractivity contribution in [3.63, 3.8) is 0 Å². The van der Waals surface area contributed by atoms with Crippen LogP contribution in [0.4, 0.5) is 0 Å². The lowest BCUT2D eigenvalue weighted by Gasteiger charge is -2.33. The van der Waals surface area contributed by atoms with E-state index in [1.165, 1.54) is 14.2 Å². The van der Waals surface area contributed by atoms with Gasteiger partial charge in [0.15, 0.2) is 9.04 Å². The van der Waals surface area contributed by atoms with Gasteiger partial charge in [-0.25, -0.2) is 9.59 Å². The summed E-state index contributed by atoms with van der Waals surface area (Å²) in [4.78, 5) is 26.8. The Bertz CT molecular complexity index is 1780. The van der Waals surface area contributed by atoms with E-state index in [-0.39, 0.29) is 22.6 Å². The maximum atomic E-state index is 13.5. The summed E-state index contributed by atoms with van der Waals surface area (Å²) in [6, 6.07) is 21.9. The molecule has 5 aromatic rings. The third-order valence-electron chi connectivity index (χ3n) is 7.95. The van der Waals surface area contributed by atoms with Gasteiger partial charge in [0.05, 0.1) is 36.9 Å². The molecule has 0 bridgehead atoms. The molecule has 44 heavy (non-hydrogen) atoms. The van der Waals surface area contributed by atoms with Gasteiger partial charge in [-0.3, -0.25) is 0 Å². The Morgan fingerprint density at radius 1 is 0.841 bits per heavy atom. The van der Waals surface area contributed by atoms with Crippen LogP contribution in [0.2, 0.25) is 13.1 Å². The zero-order chi connectivity index (χ0) is 31.8. The molecule has 0 aliphatic heterocycles. The van der Waals surface area contributed by atoms with Crippen LogP contribution in [0, 0.1) is 5.41 Å². The van der Waals surface area contributed by atoms with Crippen molar-refractivity contribution in [3.8, 4) is 16.9 Å². The monoisotopic (exact) mass is 611 g/mol. The second kappa shape index (κ2) is 12.5. The number of carbonyl (C=O) groups is 2. The molecule has 8 heteroatoms. The SMILES string of the molecule is CCc1c(-c2ccc(OCc3ccccc3)cc2)c2c(C(=O)OC)c(C(=O)OC)c3ccc(C(O[SiH](C)C)C(C)(C)C)c1n32. The molecule has 0 spiro atoms. The summed E-state index contributed by atoms with van der Waals surface area (Å²) in [5.41, 5.74) is 7.36. The Hall–Kier alpha value is -4.14. The number of carbonyl (C=O) groups excluding carboxylic acids is 2. The number of benzene rings is 2. The highest BCUT2D eigenvalue weighted by Gasteiger charge is 2.37. The highest BCUT2D eigenvalue weighted by molar-refractivity contribution is 6.48. The van der Waals surface area contributed by atoms with E-state index in [4.69, 9.17) is 18.6 Å². The van der Waals surface area contributed by atoms with Crippen LogP contribution in [0.25, 0.3) is 27.7 Å². The number of pyridine rings is 1. The maximum Gasteiger partial charge on any atom is 0.340 e. The van der Waals surface area contributed by atoms with E-state index in [0.29, 0.717) is 24.1 Å². The molecular weight excluding hydrogens is 570 g/mol. The van der Waals surface area contributed by atoms with Crippen molar-refractivity contribution < 1.29 is 28.2 Å². The number of hydrogen-bond donors (Lipinski definition) is 0. The minimum absolute atomic E-state index is 0.193. The molecule has 1 atom stereocenters. The van der Waals surface area contributed by atoms with E-state index < -0.39 is 21.0 Å². The summed E-state index contributed by atoms with van der Waals surface area (Å²) in [6.07, 6.45) is 0.501. The van der Waals surface area contributed by atoms with Gasteiger partial charge in [0.25, 0.3) is 0 Å². The van der Waals surface area contributed by atoms with Crippen molar-refractivity contribution >= 4 is 37.5 Å². The molecule has 0 saturated heterocycles. The zero-order valence-electron chi connectivity index (χ0n) is 26.8. The van der Waals surface area contributed by atoms with Gasteiger partial charge in [-0.1, -0.05) is 76.2 Å². The van der Waals surface area contributed by atoms with Gasteiger partial charge in [-0.2, -0.15) is 0 Å². The van der Waals surface area contributed by atoms with E-state index in [9.17, 15) is 9.59 Å². The van der Waals surface area contributed by atoms with Crippen LogP contribution < -0.4 is 4.74 Å². The summed E-state index contributed by atoms with van der Waals surface area (Å²) in [5, 5.41) is 0. The average Bonchev–Trinajstić information content (AvgIpc) is 3.53. The first-order valence-electron chi connectivity index (χ1n) is 15.1. The van der Waals surface area contributed by atoms with E-state index in [1.54, 1.807) is 0 Å². The second-order valence-electron chi connectivity index (χ2n) is 12.4. The fourth-order valence-electron chi connectivity index (χ4n) is 6.12. The van der Waals surface area contributed by atoms with Crippen molar-refractivity contribution in [3.05, 3.63) is 94.5 Å². The third-order valence-corrected chi connectivity index (χ3v) is 8.77. The second-order valence-corrected chi connectivity index (χ2v) is 14.7. The number of rotatable bonds is 10. The highest BCUT2D eigenvalue weighted by Crippen LogP contribution is 2.47. The first kappa shape index (κ1) is 31.3. The van der Waals surface area contributed by atoms with Crippen molar-refractivity contribution in [1.29, 1.82) is 0 Å². The Balaban J connectivity index is 1.80. The standard InChI is InChI=1S/C36H41NO6Si/c1-9-25-28(23-15-17-24(18-16-23)42-21-22-13-11-10-12-14-22)32-30(35(39)41-6)29(34(38)40-5)27-20-19-26(31(25)37(27)32)33(36(2,3)4)43-44(7)8/h10-20,33,44H,9,21H2,1-8H3. The minimum Gasteiger partial charge on any atom is -0.489 e. The van der Waals surface area contributed by atoms with Crippen LogP contribution in [0.15, 0.2) is 66.7 Å². The Labute approximate surface area is 260 Å².